The van der Waals surface area contributed by atoms with Crippen LogP contribution >= 0.6 is 0 Å². The van der Waals surface area contributed by atoms with Crippen molar-refractivity contribution in [3.63, 3.8) is 0 Å². The van der Waals surface area contributed by atoms with Gasteiger partial charge in [-0.05, 0) is 35.9 Å². The lowest BCUT2D eigenvalue weighted by Crippen LogP contribution is -2.47. The Morgan fingerprint density at radius 1 is 1.38 bits per heavy atom. The van der Waals surface area contributed by atoms with Crippen molar-refractivity contribution in [1.82, 2.24) is 30.4 Å². The number of carbonyl (C=O) groups excluding carboxylic acids is 1. The number of nitrogens with one attached hydrogen (secondary N) is 1. The molecule has 1 aromatic carbocycles. The molecule has 1 amide bonds. The molecule has 24 heavy (non-hydrogen) atoms. The summed E-state index contributed by atoms with van der Waals surface area (Å²) in [5.74, 6) is -0.187. The molecule has 8 heteroatoms. The van der Waals surface area contributed by atoms with Crippen molar-refractivity contribution in [2.24, 2.45) is 0 Å². The summed E-state index contributed by atoms with van der Waals surface area (Å²) in [6.07, 6.45) is 3.77. The zero-order valence-corrected chi connectivity index (χ0v) is 13.4. The Morgan fingerprint density at radius 2 is 2.25 bits per heavy atom. The van der Waals surface area contributed by atoms with Gasteiger partial charge in [-0.1, -0.05) is 18.2 Å². The number of tetrazole rings is 1. The highest BCUT2D eigenvalue weighted by Gasteiger charge is 2.22. The first kappa shape index (κ1) is 16.5. The Bertz CT molecular complexity index is 662. The number of hydrogen-bond donors (Lipinski definition) is 1. The Balaban J connectivity index is 1.46. The molecule has 0 bridgehead atoms. The van der Waals surface area contributed by atoms with E-state index < -0.39 is 0 Å². The predicted octanol–water partition coefficient (Wildman–Crippen LogP) is 0.983. The number of aryl methyl sites for hydroxylation is 1. The zero-order chi connectivity index (χ0) is 16.8. The first-order chi connectivity index (χ1) is 11.7. The number of piperidine rings is 1. The number of halogens is 1. The molecule has 0 unspecified atom stereocenters. The highest BCUT2D eigenvalue weighted by molar-refractivity contribution is 5.76. The molecule has 3 rings (SSSR count). The summed E-state index contributed by atoms with van der Waals surface area (Å²) < 4.78 is 15.3. The van der Waals surface area contributed by atoms with Gasteiger partial charge >= 0.3 is 0 Å². The SMILES string of the molecule is O=C(CCn1cnnn1)N[C@@H]1CCCN(Cc2ccccc2F)C1. The number of rotatable bonds is 6. The molecule has 1 aliphatic heterocycles. The Hall–Kier alpha value is -2.35. The van der Waals surface area contributed by atoms with Crippen LogP contribution in [0.3, 0.4) is 0 Å². The number of aromatic nitrogens is 4. The molecular formula is C16H21FN6O. The fourth-order valence-electron chi connectivity index (χ4n) is 2.98. The van der Waals surface area contributed by atoms with Gasteiger partial charge in [-0.15, -0.1) is 5.10 Å². The quantitative estimate of drug-likeness (QED) is 0.853. The minimum Gasteiger partial charge on any atom is -0.352 e. The topological polar surface area (TPSA) is 75.9 Å². The first-order valence-electron chi connectivity index (χ1n) is 8.16. The number of likely N-dealkylation sites (tertiary alicyclic amines) is 1. The van der Waals surface area contributed by atoms with Crippen LogP contribution in [0.15, 0.2) is 30.6 Å². The van der Waals surface area contributed by atoms with Crippen LogP contribution in [0.4, 0.5) is 4.39 Å². The molecule has 1 N–H and O–H groups in total. The van der Waals surface area contributed by atoms with Crippen molar-refractivity contribution >= 4 is 5.91 Å². The van der Waals surface area contributed by atoms with E-state index in [4.69, 9.17) is 0 Å². The van der Waals surface area contributed by atoms with Crippen LogP contribution in [0, 0.1) is 5.82 Å². The van der Waals surface area contributed by atoms with E-state index in [1.54, 1.807) is 6.07 Å². The van der Waals surface area contributed by atoms with E-state index in [-0.39, 0.29) is 17.8 Å². The van der Waals surface area contributed by atoms with Crippen LogP contribution < -0.4 is 5.32 Å². The van der Waals surface area contributed by atoms with Gasteiger partial charge in [0.05, 0.1) is 6.54 Å². The maximum Gasteiger partial charge on any atom is 0.222 e. The third-order valence-electron chi connectivity index (χ3n) is 4.18. The van der Waals surface area contributed by atoms with Crippen molar-refractivity contribution in [3.8, 4) is 0 Å². The van der Waals surface area contributed by atoms with Gasteiger partial charge in [0.1, 0.15) is 12.1 Å². The minimum absolute atomic E-state index is 0.0109. The van der Waals surface area contributed by atoms with E-state index in [0.29, 0.717) is 25.1 Å². The molecular weight excluding hydrogens is 311 g/mol. The third-order valence-corrected chi connectivity index (χ3v) is 4.18. The van der Waals surface area contributed by atoms with Gasteiger partial charge in [0.25, 0.3) is 0 Å². The van der Waals surface area contributed by atoms with Crippen LogP contribution in [0.1, 0.15) is 24.8 Å². The van der Waals surface area contributed by atoms with Crippen LogP contribution in [-0.2, 0) is 17.9 Å². The second-order valence-corrected chi connectivity index (χ2v) is 6.06. The molecule has 0 aliphatic carbocycles. The van der Waals surface area contributed by atoms with E-state index in [2.05, 4.69) is 25.7 Å². The molecule has 1 fully saturated rings. The molecule has 0 saturated carbocycles. The summed E-state index contributed by atoms with van der Waals surface area (Å²) >= 11 is 0. The van der Waals surface area contributed by atoms with E-state index in [1.807, 2.05) is 12.1 Å². The average molecular weight is 332 g/mol. The molecule has 0 spiro atoms. The normalized spacial score (nSPS) is 18.5. The highest BCUT2D eigenvalue weighted by Crippen LogP contribution is 2.15. The second kappa shape index (κ2) is 7.96. The van der Waals surface area contributed by atoms with E-state index in [9.17, 15) is 9.18 Å². The van der Waals surface area contributed by atoms with Gasteiger partial charge in [0, 0.05) is 31.1 Å². The van der Waals surface area contributed by atoms with Gasteiger partial charge in [-0.2, -0.15) is 0 Å². The number of hydrogen-bond acceptors (Lipinski definition) is 5. The van der Waals surface area contributed by atoms with Crippen molar-refractivity contribution in [3.05, 3.63) is 42.0 Å². The maximum absolute atomic E-state index is 13.8. The monoisotopic (exact) mass is 332 g/mol. The lowest BCUT2D eigenvalue weighted by Gasteiger charge is -2.33. The number of benzene rings is 1. The molecule has 2 heterocycles. The Kier molecular flexibility index (Phi) is 5.47. The smallest absolute Gasteiger partial charge is 0.222 e. The third kappa shape index (κ3) is 4.58. The van der Waals surface area contributed by atoms with Gasteiger partial charge in [-0.3, -0.25) is 9.69 Å². The largest absolute Gasteiger partial charge is 0.352 e. The molecule has 128 valence electrons. The summed E-state index contributed by atoms with van der Waals surface area (Å²) in [5.41, 5.74) is 0.697. The van der Waals surface area contributed by atoms with E-state index >= 15 is 0 Å². The minimum atomic E-state index is -0.176. The van der Waals surface area contributed by atoms with Crippen LogP contribution in [0.25, 0.3) is 0 Å². The lowest BCUT2D eigenvalue weighted by molar-refractivity contribution is -0.122. The number of carbonyl (C=O) groups is 1. The summed E-state index contributed by atoms with van der Waals surface area (Å²) in [7, 11) is 0. The second-order valence-electron chi connectivity index (χ2n) is 6.06. The van der Waals surface area contributed by atoms with Gasteiger partial charge in [0.15, 0.2) is 0 Å². The molecule has 0 radical (unpaired) electrons. The fraction of sp³-hybridized carbons (Fsp3) is 0.500. The average Bonchev–Trinajstić information content (AvgIpc) is 3.09. The summed E-state index contributed by atoms with van der Waals surface area (Å²) in [4.78, 5) is 14.2. The van der Waals surface area contributed by atoms with Gasteiger partial charge in [0.2, 0.25) is 5.91 Å². The zero-order valence-electron chi connectivity index (χ0n) is 13.4. The van der Waals surface area contributed by atoms with Crippen molar-refractivity contribution in [2.45, 2.75) is 38.4 Å². The first-order valence-corrected chi connectivity index (χ1v) is 8.16. The molecule has 1 saturated heterocycles. The molecule has 1 aromatic heterocycles. The molecule has 2 aromatic rings. The summed E-state index contributed by atoms with van der Waals surface area (Å²) in [6, 6.07) is 6.94. The Labute approximate surface area is 139 Å². The van der Waals surface area contributed by atoms with Crippen LogP contribution in [0.2, 0.25) is 0 Å². The molecule has 7 nitrogen and oxygen atoms in total. The number of amides is 1. The highest BCUT2D eigenvalue weighted by atomic mass is 19.1. The van der Waals surface area contributed by atoms with E-state index in [0.717, 1.165) is 25.9 Å². The number of nitrogens with zero attached hydrogens (tertiary/aromatic N) is 5. The van der Waals surface area contributed by atoms with Crippen molar-refractivity contribution < 1.29 is 9.18 Å². The predicted molar refractivity (Wildman–Crippen MR) is 85.3 cm³/mol. The van der Waals surface area contributed by atoms with Crippen LogP contribution in [0.5, 0.6) is 0 Å². The molecule has 1 atom stereocenters. The standard InChI is InChI=1S/C16H21FN6O/c17-15-6-2-1-4-13(15)10-22-8-3-5-14(11-22)19-16(24)7-9-23-12-18-20-21-23/h1-2,4,6,12,14H,3,5,7-11H2,(H,19,24)/t14-/m1/s1. The van der Waals surface area contributed by atoms with Crippen molar-refractivity contribution in [1.29, 1.82) is 0 Å². The Morgan fingerprint density at radius 3 is 3.04 bits per heavy atom. The maximum atomic E-state index is 13.8. The fourth-order valence-corrected chi connectivity index (χ4v) is 2.98. The van der Waals surface area contributed by atoms with E-state index in [1.165, 1.54) is 17.1 Å². The van der Waals surface area contributed by atoms with Gasteiger partial charge in [-0.25, -0.2) is 9.07 Å². The summed E-state index contributed by atoms with van der Waals surface area (Å²) in [6.45, 7) is 2.70. The van der Waals surface area contributed by atoms with Crippen LogP contribution in [-0.4, -0.2) is 50.1 Å². The lowest BCUT2D eigenvalue weighted by atomic mass is 10.0. The van der Waals surface area contributed by atoms with Crippen molar-refractivity contribution in [2.75, 3.05) is 13.1 Å². The molecule has 1 aliphatic rings. The summed E-state index contributed by atoms with van der Waals surface area (Å²) in [5, 5.41) is 13.9. The van der Waals surface area contributed by atoms with Gasteiger partial charge < -0.3 is 5.32 Å².